The predicted octanol–water partition coefficient (Wildman–Crippen LogP) is 2.37. The number of methoxy groups -OCH3 is 1. The van der Waals surface area contributed by atoms with Crippen LogP contribution in [0.15, 0.2) is 53.4 Å². The summed E-state index contributed by atoms with van der Waals surface area (Å²) in [5.41, 5.74) is 2.05. The standard InChI is InChI=1S/C20H26N2O4S/c1-16-10-12-18(13-11-16)27(24,25)22(2)15-20(23)21-14-6-8-17-7-4-5-9-19(17)26-3/h4-5,7,9-13H,6,8,14-15H2,1-3H3,(H,21,23). The highest BCUT2D eigenvalue weighted by atomic mass is 32.2. The second-order valence-corrected chi connectivity index (χ2v) is 8.38. The van der Waals surface area contributed by atoms with Crippen LogP contribution in [0, 0.1) is 6.92 Å². The number of likely N-dealkylation sites (N-methyl/N-ethyl adjacent to an activating group) is 1. The van der Waals surface area contributed by atoms with Gasteiger partial charge >= 0.3 is 0 Å². The molecule has 2 rings (SSSR count). The number of nitrogens with one attached hydrogen (secondary N) is 1. The third kappa shape index (κ3) is 5.80. The van der Waals surface area contributed by atoms with Gasteiger partial charge in [0.15, 0.2) is 0 Å². The Labute approximate surface area is 161 Å². The van der Waals surface area contributed by atoms with Crippen LogP contribution < -0.4 is 10.1 Å². The van der Waals surface area contributed by atoms with Gasteiger partial charge in [0.25, 0.3) is 0 Å². The summed E-state index contributed by atoms with van der Waals surface area (Å²) in [7, 11) is -0.641. The Morgan fingerprint density at radius 2 is 1.78 bits per heavy atom. The predicted molar refractivity (Wildman–Crippen MR) is 105 cm³/mol. The van der Waals surface area contributed by atoms with Crippen LogP contribution in [0.3, 0.4) is 0 Å². The Morgan fingerprint density at radius 3 is 2.44 bits per heavy atom. The topological polar surface area (TPSA) is 75.7 Å². The molecule has 1 N–H and O–H groups in total. The average Bonchev–Trinajstić information content (AvgIpc) is 2.65. The van der Waals surface area contributed by atoms with Crippen molar-refractivity contribution in [2.24, 2.45) is 0 Å². The highest BCUT2D eigenvalue weighted by Crippen LogP contribution is 2.18. The van der Waals surface area contributed by atoms with Crippen LogP contribution in [0.2, 0.25) is 0 Å². The minimum absolute atomic E-state index is 0.180. The fourth-order valence-corrected chi connectivity index (χ4v) is 3.78. The van der Waals surface area contributed by atoms with Crippen LogP contribution in [0.5, 0.6) is 5.75 Å². The highest BCUT2D eigenvalue weighted by Gasteiger charge is 2.22. The van der Waals surface area contributed by atoms with Crippen LogP contribution in [-0.4, -0.2) is 45.9 Å². The number of sulfonamides is 1. The molecule has 0 aliphatic carbocycles. The maximum absolute atomic E-state index is 12.5. The molecule has 0 aliphatic rings. The summed E-state index contributed by atoms with van der Waals surface area (Å²) in [6.07, 6.45) is 1.50. The minimum atomic E-state index is -3.68. The fraction of sp³-hybridized carbons (Fsp3) is 0.350. The Kier molecular flexibility index (Phi) is 7.38. The summed E-state index contributed by atoms with van der Waals surface area (Å²) < 4.78 is 31.4. The molecule has 0 fully saturated rings. The van der Waals surface area contributed by atoms with Crippen molar-refractivity contribution in [1.82, 2.24) is 9.62 Å². The van der Waals surface area contributed by atoms with Gasteiger partial charge in [-0.15, -0.1) is 0 Å². The van der Waals surface area contributed by atoms with E-state index in [-0.39, 0.29) is 17.3 Å². The number of hydrogen-bond acceptors (Lipinski definition) is 4. The third-order valence-electron chi connectivity index (χ3n) is 4.23. The molecule has 0 saturated heterocycles. The average molecular weight is 391 g/mol. The van der Waals surface area contributed by atoms with Gasteiger partial charge in [0.1, 0.15) is 5.75 Å². The maximum Gasteiger partial charge on any atom is 0.243 e. The SMILES string of the molecule is COc1ccccc1CCCNC(=O)CN(C)S(=O)(=O)c1ccc(C)cc1. The molecule has 2 aromatic rings. The molecule has 0 bridgehead atoms. The second-order valence-electron chi connectivity index (χ2n) is 6.34. The van der Waals surface area contributed by atoms with Gasteiger partial charge in [-0.1, -0.05) is 35.9 Å². The molecule has 0 aromatic heterocycles. The first kappa shape index (κ1) is 20.9. The molecule has 2 aromatic carbocycles. The lowest BCUT2D eigenvalue weighted by Gasteiger charge is -2.17. The Balaban J connectivity index is 1.82. The number of carbonyl (C=O) groups is 1. The summed E-state index contributed by atoms with van der Waals surface area (Å²) in [5.74, 6) is 0.501. The van der Waals surface area contributed by atoms with Gasteiger partial charge in [-0.05, 0) is 43.5 Å². The minimum Gasteiger partial charge on any atom is -0.496 e. The zero-order chi connectivity index (χ0) is 19.9. The zero-order valence-corrected chi connectivity index (χ0v) is 16.8. The number of nitrogens with zero attached hydrogens (tertiary/aromatic N) is 1. The van der Waals surface area contributed by atoms with E-state index >= 15 is 0 Å². The van der Waals surface area contributed by atoms with E-state index in [1.165, 1.54) is 7.05 Å². The molecule has 0 spiro atoms. The summed E-state index contributed by atoms with van der Waals surface area (Å²) in [6, 6.07) is 14.3. The van der Waals surface area contributed by atoms with Crippen molar-refractivity contribution in [3.05, 3.63) is 59.7 Å². The first-order valence-corrected chi connectivity index (χ1v) is 10.2. The molecule has 6 nitrogen and oxygen atoms in total. The van der Waals surface area contributed by atoms with Gasteiger partial charge < -0.3 is 10.1 Å². The summed E-state index contributed by atoms with van der Waals surface area (Å²) in [4.78, 5) is 12.3. The largest absolute Gasteiger partial charge is 0.496 e. The quantitative estimate of drug-likeness (QED) is 0.667. The third-order valence-corrected chi connectivity index (χ3v) is 6.05. The smallest absolute Gasteiger partial charge is 0.243 e. The van der Waals surface area contributed by atoms with Crippen molar-refractivity contribution in [2.45, 2.75) is 24.7 Å². The van der Waals surface area contributed by atoms with Crippen molar-refractivity contribution in [2.75, 3.05) is 27.2 Å². The van der Waals surface area contributed by atoms with Crippen LogP contribution in [-0.2, 0) is 21.2 Å². The van der Waals surface area contributed by atoms with Crippen LogP contribution >= 0.6 is 0 Å². The lowest BCUT2D eigenvalue weighted by atomic mass is 10.1. The van der Waals surface area contributed by atoms with Gasteiger partial charge in [-0.25, -0.2) is 8.42 Å². The molecule has 1 amide bonds. The Bertz CT molecular complexity index is 864. The number of para-hydroxylation sites is 1. The number of rotatable bonds is 9. The normalized spacial score (nSPS) is 11.4. The maximum atomic E-state index is 12.5. The van der Waals surface area contributed by atoms with Gasteiger partial charge in [0.05, 0.1) is 18.6 Å². The van der Waals surface area contributed by atoms with Gasteiger partial charge in [-0.3, -0.25) is 4.79 Å². The van der Waals surface area contributed by atoms with E-state index in [1.807, 2.05) is 31.2 Å². The van der Waals surface area contributed by atoms with E-state index in [2.05, 4.69) is 5.32 Å². The zero-order valence-electron chi connectivity index (χ0n) is 15.9. The van der Waals surface area contributed by atoms with Crippen molar-refractivity contribution < 1.29 is 17.9 Å². The molecule has 0 aliphatic heterocycles. The number of benzene rings is 2. The number of carbonyl (C=O) groups excluding carboxylic acids is 1. The molecule has 0 saturated carbocycles. The molecule has 7 heteroatoms. The second kappa shape index (κ2) is 9.53. The van der Waals surface area contributed by atoms with Crippen LogP contribution in [0.1, 0.15) is 17.5 Å². The fourth-order valence-electron chi connectivity index (χ4n) is 2.65. The van der Waals surface area contributed by atoms with Gasteiger partial charge in [0, 0.05) is 13.6 Å². The molecule has 0 heterocycles. The lowest BCUT2D eigenvalue weighted by molar-refractivity contribution is -0.121. The van der Waals surface area contributed by atoms with E-state index in [4.69, 9.17) is 4.74 Å². The van der Waals surface area contributed by atoms with E-state index in [0.29, 0.717) is 6.54 Å². The molecule has 27 heavy (non-hydrogen) atoms. The van der Waals surface area contributed by atoms with E-state index in [1.54, 1.807) is 31.4 Å². The summed E-state index contributed by atoms with van der Waals surface area (Å²) in [6.45, 7) is 2.14. The number of amides is 1. The van der Waals surface area contributed by atoms with Crippen molar-refractivity contribution in [3.8, 4) is 5.75 Å². The van der Waals surface area contributed by atoms with Crippen molar-refractivity contribution in [3.63, 3.8) is 0 Å². The first-order valence-electron chi connectivity index (χ1n) is 8.76. The van der Waals surface area contributed by atoms with Crippen molar-refractivity contribution in [1.29, 1.82) is 0 Å². The monoisotopic (exact) mass is 390 g/mol. The van der Waals surface area contributed by atoms with E-state index in [0.717, 1.165) is 34.0 Å². The number of ether oxygens (including phenoxy) is 1. The van der Waals surface area contributed by atoms with Gasteiger partial charge in [-0.2, -0.15) is 4.31 Å². The lowest BCUT2D eigenvalue weighted by Crippen LogP contribution is -2.38. The molecular formula is C20H26N2O4S. The summed E-state index contributed by atoms with van der Waals surface area (Å²) >= 11 is 0. The van der Waals surface area contributed by atoms with E-state index < -0.39 is 10.0 Å². The molecule has 146 valence electrons. The molecule has 0 unspecified atom stereocenters. The summed E-state index contributed by atoms with van der Waals surface area (Å²) in [5, 5.41) is 2.77. The molecular weight excluding hydrogens is 364 g/mol. The van der Waals surface area contributed by atoms with Crippen LogP contribution in [0.25, 0.3) is 0 Å². The highest BCUT2D eigenvalue weighted by molar-refractivity contribution is 7.89. The molecule has 0 atom stereocenters. The first-order chi connectivity index (χ1) is 12.8. The number of hydrogen-bond donors (Lipinski definition) is 1. The van der Waals surface area contributed by atoms with Gasteiger partial charge in [0.2, 0.25) is 15.9 Å². The van der Waals surface area contributed by atoms with E-state index in [9.17, 15) is 13.2 Å². The number of aryl methyl sites for hydroxylation is 2. The van der Waals surface area contributed by atoms with Crippen LogP contribution in [0.4, 0.5) is 0 Å². The van der Waals surface area contributed by atoms with Crippen molar-refractivity contribution >= 4 is 15.9 Å². The Hall–Kier alpha value is -2.38. The molecule has 0 radical (unpaired) electrons. The Morgan fingerprint density at radius 1 is 1.11 bits per heavy atom.